The lowest BCUT2D eigenvalue weighted by Gasteiger charge is -2.27. The Bertz CT molecular complexity index is 525. The van der Waals surface area contributed by atoms with Crippen molar-refractivity contribution in [1.82, 2.24) is 0 Å². The molecule has 2 atom stereocenters. The summed E-state index contributed by atoms with van der Waals surface area (Å²) in [5.41, 5.74) is 3.61. The molecule has 0 N–H and O–H groups in total. The largest absolute Gasteiger partial charge is 0.369 e. The normalized spacial score (nSPS) is 13.7. The second-order valence-corrected chi connectivity index (χ2v) is 6.87. The molecule has 0 aliphatic rings. The summed E-state index contributed by atoms with van der Waals surface area (Å²) in [6.07, 6.45) is 0. The Morgan fingerprint density at radius 3 is 1.71 bits per heavy atom. The number of hydrogen-bond acceptors (Lipinski definition) is 1. The maximum Gasteiger partial charge on any atom is 0.0483 e. The predicted molar refractivity (Wildman–Crippen MR) is 94.7 cm³/mol. The van der Waals surface area contributed by atoms with E-state index < -0.39 is 0 Å². The lowest BCUT2D eigenvalue weighted by Crippen LogP contribution is -2.33. The van der Waals surface area contributed by atoms with Gasteiger partial charge in [-0.05, 0) is 37.1 Å². The Labute approximate surface area is 137 Å². The quantitative estimate of drug-likeness (QED) is 0.642. The van der Waals surface area contributed by atoms with E-state index in [0.717, 1.165) is 18.8 Å². The van der Waals surface area contributed by atoms with Gasteiger partial charge >= 0.3 is 0 Å². The van der Waals surface area contributed by atoms with Crippen molar-refractivity contribution in [3.8, 4) is 11.1 Å². The molecule has 0 bridgehead atoms. The first-order valence-corrected chi connectivity index (χ1v) is 8.12. The van der Waals surface area contributed by atoms with E-state index in [1.54, 1.807) is 0 Å². The number of alkyl halides is 2. The van der Waals surface area contributed by atoms with E-state index in [1.807, 2.05) is 19.9 Å². The topological polar surface area (TPSA) is 3.24 Å². The van der Waals surface area contributed by atoms with Crippen molar-refractivity contribution in [3.05, 3.63) is 54.6 Å². The van der Waals surface area contributed by atoms with E-state index in [9.17, 15) is 0 Å². The van der Waals surface area contributed by atoms with Crippen LogP contribution >= 0.6 is 23.2 Å². The average Bonchev–Trinajstić information content (AvgIpc) is 2.47. The highest BCUT2D eigenvalue weighted by molar-refractivity contribution is 6.21. The van der Waals surface area contributed by atoms with E-state index in [2.05, 4.69) is 53.4 Å². The van der Waals surface area contributed by atoms with Crippen molar-refractivity contribution in [2.45, 2.75) is 24.6 Å². The molecule has 21 heavy (non-hydrogen) atoms. The smallest absolute Gasteiger partial charge is 0.0483 e. The molecule has 0 fully saturated rings. The fourth-order valence-electron chi connectivity index (χ4n) is 2.39. The van der Waals surface area contributed by atoms with Crippen LogP contribution in [0.15, 0.2) is 54.6 Å². The maximum absolute atomic E-state index is 6.15. The van der Waals surface area contributed by atoms with Gasteiger partial charge in [0.15, 0.2) is 0 Å². The number of halogens is 2. The second-order valence-electron chi connectivity index (χ2n) is 5.38. The molecule has 0 unspecified atom stereocenters. The van der Waals surface area contributed by atoms with Crippen LogP contribution in [0.2, 0.25) is 0 Å². The van der Waals surface area contributed by atoms with Crippen LogP contribution in [0.1, 0.15) is 13.8 Å². The Hall–Kier alpha value is -1.18. The van der Waals surface area contributed by atoms with Crippen LogP contribution in [0.4, 0.5) is 5.69 Å². The summed E-state index contributed by atoms with van der Waals surface area (Å²) in [7, 11) is 0. The zero-order chi connectivity index (χ0) is 15.2. The minimum Gasteiger partial charge on any atom is -0.369 e. The zero-order valence-corrected chi connectivity index (χ0v) is 14.0. The van der Waals surface area contributed by atoms with Crippen molar-refractivity contribution in [3.63, 3.8) is 0 Å². The third kappa shape index (κ3) is 4.94. The third-order valence-electron chi connectivity index (χ3n) is 3.28. The minimum absolute atomic E-state index is 0.0919. The van der Waals surface area contributed by atoms with E-state index in [0.29, 0.717) is 0 Å². The second kappa shape index (κ2) is 7.72. The predicted octanol–water partition coefficient (Wildman–Crippen LogP) is 5.41. The number of nitrogens with zero attached hydrogens (tertiary/aromatic N) is 1. The Morgan fingerprint density at radius 1 is 0.762 bits per heavy atom. The summed E-state index contributed by atoms with van der Waals surface area (Å²) in [4.78, 5) is 2.24. The molecular weight excluding hydrogens is 301 g/mol. The standard InChI is InChI=1S/C18H21Cl2N/c1-14(19)12-21(13-15(2)20)18-10-8-17(9-11-18)16-6-4-3-5-7-16/h3-11,14-15H,12-13H2,1-2H3/t14-,15+. The van der Waals surface area contributed by atoms with Gasteiger partial charge < -0.3 is 4.90 Å². The van der Waals surface area contributed by atoms with E-state index >= 15 is 0 Å². The van der Waals surface area contributed by atoms with Gasteiger partial charge in [-0.15, -0.1) is 23.2 Å². The van der Waals surface area contributed by atoms with E-state index in [4.69, 9.17) is 23.2 Å². The van der Waals surface area contributed by atoms with E-state index in [-0.39, 0.29) is 10.8 Å². The molecule has 0 radical (unpaired) electrons. The van der Waals surface area contributed by atoms with Crippen molar-refractivity contribution in [2.75, 3.05) is 18.0 Å². The van der Waals surface area contributed by atoms with Gasteiger partial charge in [0, 0.05) is 29.5 Å². The highest BCUT2D eigenvalue weighted by Crippen LogP contribution is 2.24. The van der Waals surface area contributed by atoms with Gasteiger partial charge in [0.25, 0.3) is 0 Å². The third-order valence-corrected chi connectivity index (χ3v) is 3.56. The molecule has 0 aromatic heterocycles. The fourth-order valence-corrected chi connectivity index (χ4v) is 2.72. The number of anilines is 1. The Balaban J connectivity index is 2.19. The van der Waals surface area contributed by atoms with Gasteiger partial charge in [0.2, 0.25) is 0 Å². The van der Waals surface area contributed by atoms with Crippen molar-refractivity contribution in [2.24, 2.45) is 0 Å². The molecule has 0 saturated heterocycles. The molecule has 1 nitrogen and oxygen atoms in total. The molecule has 0 aliphatic heterocycles. The van der Waals surface area contributed by atoms with Crippen LogP contribution in [0.3, 0.4) is 0 Å². The molecule has 3 heteroatoms. The zero-order valence-electron chi connectivity index (χ0n) is 12.5. The monoisotopic (exact) mass is 321 g/mol. The summed E-state index contributed by atoms with van der Waals surface area (Å²) < 4.78 is 0. The summed E-state index contributed by atoms with van der Waals surface area (Å²) in [5.74, 6) is 0. The molecule has 0 spiro atoms. The van der Waals surface area contributed by atoms with Gasteiger partial charge in [-0.3, -0.25) is 0 Å². The molecular formula is C18H21Cl2N. The van der Waals surface area contributed by atoms with Gasteiger partial charge in [-0.25, -0.2) is 0 Å². The molecule has 0 heterocycles. The maximum atomic E-state index is 6.15. The van der Waals surface area contributed by atoms with Crippen LogP contribution in [-0.4, -0.2) is 23.8 Å². The SMILES string of the molecule is C[C@H](Cl)CN(C[C@@H](C)Cl)c1ccc(-c2ccccc2)cc1. The first kappa shape index (κ1) is 16.2. The van der Waals surface area contributed by atoms with Crippen LogP contribution < -0.4 is 4.90 Å². The van der Waals surface area contributed by atoms with Crippen LogP contribution in [-0.2, 0) is 0 Å². The first-order valence-electron chi connectivity index (χ1n) is 7.25. The Kier molecular flexibility index (Phi) is 5.96. The summed E-state index contributed by atoms with van der Waals surface area (Å²) >= 11 is 12.3. The highest BCUT2D eigenvalue weighted by atomic mass is 35.5. The number of hydrogen-bond donors (Lipinski definition) is 0. The molecule has 2 aromatic carbocycles. The molecule has 2 rings (SSSR count). The van der Waals surface area contributed by atoms with Crippen LogP contribution in [0.25, 0.3) is 11.1 Å². The molecule has 2 aromatic rings. The van der Waals surface area contributed by atoms with Gasteiger partial charge in [-0.1, -0.05) is 42.5 Å². The number of benzene rings is 2. The van der Waals surface area contributed by atoms with Gasteiger partial charge in [0.05, 0.1) is 0 Å². The summed E-state index contributed by atoms with van der Waals surface area (Å²) in [5, 5.41) is 0.184. The van der Waals surface area contributed by atoms with Crippen LogP contribution in [0, 0.1) is 0 Å². The van der Waals surface area contributed by atoms with Crippen LogP contribution in [0.5, 0.6) is 0 Å². The molecule has 0 amide bonds. The molecule has 0 saturated carbocycles. The highest BCUT2D eigenvalue weighted by Gasteiger charge is 2.12. The lowest BCUT2D eigenvalue weighted by atomic mass is 10.1. The van der Waals surface area contributed by atoms with Gasteiger partial charge in [-0.2, -0.15) is 0 Å². The van der Waals surface area contributed by atoms with E-state index in [1.165, 1.54) is 11.1 Å². The van der Waals surface area contributed by atoms with Crippen molar-refractivity contribution < 1.29 is 0 Å². The summed E-state index contributed by atoms with van der Waals surface area (Å²) in [6, 6.07) is 19.0. The number of rotatable bonds is 6. The van der Waals surface area contributed by atoms with Gasteiger partial charge in [0.1, 0.15) is 0 Å². The average molecular weight is 322 g/mol. The Morgan fingerprint density at radius 2 is 1.24 bits per heavy atom. The lowest BCUT2D eigenvalue weighted by molar-refractivity contribution is 0.753. The minimum atomic E-state index is 0.0919. The van der Waals surface area contributed by atoms with Crippen molar-refractivity contribution >= 4 is 28.9 Å². The summed E-state index contributed by atoms with van der Waals surface area (Å²) in [6.45, 7) is 5.60. The molecule has 0 aliphatic carbocycles. The fraction of sp³-hybridized carbons (Fsp3) is 0.333. The first-order chi connectivity index (χ1) is 10.1. The molecule has 112 valence electrons. The van der Waals surface area contributed by atoms with Crippen molar-refractivity contribution in [1.29, 1.82) is 0 Å².